The van der Waals surface area contributed by atoms with Crippen molar-refractivity contribution in [3.8, 4) is 0 Å². The predicted molar refractivity (Wildman–Crippen MR) is 75.3 cm³/mol. The van der Waals surface area contributed by atoms with Crippen molar-refractivity contribution in [3.63, 3.8) is 0 Å². The van der Waals surface area contributed by atoms with E-state index in [9.17, 15) is 9.59 Å². The van der Waals surface area contributed by atoms with Gasteiger partial charge in [-0.25, -0.2) is 4.79 Å². The molecule has 19 heavy (non-hydrogen) atoms. The summed E-state index contributed by atoms with van der Waals surface area (Å²) in [6.45, 7) is 3.80. The van der Waals surface area contributed by atoms with E-state index in [0.717, 1.165) is 30.5 Å². The van der Waals surface area contributed by atoms with Gasteiger partial charge in [0, 0.05) is 24.0 Å². The van der Waals surface area contributed by atoms with Gasteiger partial charge in [0.1, 0.15) is 0 Å². The number of hydrogen-bond acceptors (Lipinski definition) is 3. The fourth-order valence-corrected chi connectivity index (χ4v) is 3.12. The Morgan fingerprint density at radius 1 is 1.47 bits per heavy atom. The Morgan fingerprint density at radius 2 is 2.26 bits per heavy atom. The van der Waals surface area contributed by atoms with Gasteiger partial charge < -0.3 is 10.0 Å². The molecule has 0 bridgehead atoms. The number of aliphatic carboxylic acids is 1. The van der Waals surface area contributed by atoms with Crippen LogP contribution in [0.5, 0.6) is 0 Å². The minimum atomic E-state index is -0.980. The highest BCUT2D eigenvalue weighted by atomic mass is 32.1. The summed E-state index contributed by atoms with van der Waals surface area (Å²) in [5.41, 5.74) is 0. The van der Waals surface area contributed by atoms with Crippen LogP contribution in [0.25, 0.3) is 6.08 Å². The average Bonchev–Trinajstić information content (AvgIpc) is 2.84. The number of carbonyl (C=O) groups excluding carboxylic acids is 1. The molecule has 1 aromatic heterocycles. The molecule has 1 saturated heterocycles. The van der Waals surface area contributed by atoms with E-state index in [0.29, 0.717) is 10.8 Å². The fourth-order valence-electron chi connectivity index (χ4n) is 2.24. The van der Waals surface area contributed by atoms with Gasteiger partial charge in [0.05, 0.1) is 4.88 Å². The molecule has 102 valence electrons. The highest BCUT2D eigenvalue weighted by Gasteiger charge is 2.22. The monoisotopic (exact) mass is 279 g/mol. The Labute approximate surface area is 116 Å². The third kappa shape index (κ3) is 3.67. The molecule has 1 N–H and O–H groups in total. The Kier molecular flexibility index (Phi) is 4.37. The van der Waals surface area contributed by atoms with Gasteiger partial charge in [-0.1, -0.05) is 6.92 Å². The molecule has 2 rings (SSSR count). The van der Waals surface area contributed by atoms with E-state index in [1.165, 1.54) is 23.8 Å². The molecule has 0 aliphatic carbocycles. The summed E-state index contributed by atoms with van der Waals surface area (Å²) in [5.74, 6) is -0.360. The van der Waals surface area contributed by atoms with Gasteiger partial charge in [-0.2, -0.15) is 0 Å². The second-order valence-corrected chi connectivity index (χ2v) is 5.99. The Morgan fingerprint density at radius 3 is 2.95 bits per heavy atom. The summed E-state index contributed by atoms with van der Waals surface area (Å²) < 4.78 is 0. The van der Waals surface area contributed by atoms with Gasteiger partial charge in [0.2, 0.25) is 0 Å². The molecule has 0 spiro atoms. The van der Waals surface area contributed by atoms with Crippen LogP contribution in [0.15, 0.2) is 18.2 Å². The van der Waals surface area contributed by atoms with E-state index in [4.69, 9.17) is 5.11 Å². The van der Waals surface area contributed by atoms with Crippen molar-refractivity contribution in [1.82, 2.24) is 4.90 Å². The van der Waals surface area contributed by atoms with Crippen molar-refractivity contribution in [2.24, 2.45) is 5.92 Å². The maximum absolute atomic E-state index is 12.3. The quantitative estimate of drug-likeness (QED) is 0.865. The van der Waals surface area contributed by atoms with Crippen molar-refractivity contribution in [2.45, 2.75) is 19.8 Å². The number of rotatable bonds is 3. The minimum Gasteiger partial charge on any atom is -0.478 e. The first-order valence-corrected chi connectivity index (χ1v) is 7.18. The van der Waals surface area contributed by atoms with E-state index in [1.54, 1.807) is 12.1 Å². The van der Waals surface area contributed by atoms with Crippen LogP contribution in [0.2, 0.25) is 0 Å². The fraction of sp³-hybridized carbons (Fsp3) is 0.429. The Balaban J connectivity index is 2.05. The van der Waals surface area contributed by atoms with Crippen LogP contribution in [0, 0.1) is 5.92 Å². The maximum Gasteiger partial charge on any atom is 0.328 e. The van der Waals surface area contributed by atoms with Gasteiger partial charge in [-0.3, -0.25) is 4.79 Å². The van der Waals surface area contributed by atoms with E-state index in [1.807, 2.05) is 4.90 Å². The predicted octanol–water partition coefficient (Wildman–Crippen LogP) is 2.72. The molecule has 0 aromatic carbocycles. The first kappa shape index (κ1) is 13.8. The van der Waals surface area contributed by atoms with Crippen LogP contribution in [0.3, 0.4) is 0 Å². The number of piperidine rings is 1. The molecule has 2 heterocycles. The summed E-state index contributed by atoms with van der Waals surface area (Å²) >= 11 is 1.34. The summed E-state index contributed by atoms with van der Waals surface area (Å²) in [6.07, 6.45) is 4.84. The largest absolute Gasteiger partial charge is 0.478 e. The molecular formula is C14H17NO3S. The van der Waals surface area contributed by atoms with E-state index >= 15 is 0 Å². The zero-order valence-corrected chi connectivity index (χ0v) is 11.7. The number of carboxylic acids is 1. The van der Waals surface area contributed by atoms with Crippen molar-refractivity contribution < 1.29 is 14.7 Å². The van der Waals surface area contributed by atoms with Crippen LogP contribution in [-0.4, -0.2) is 35.0 Å². The van der Waals surface area contributed by atoms with Crippen molar-refractivity contribution in [1.29, 1.82) is 0 Å². The van der Waals surface area contributed by atoms with Crippen LogP contribution < -0.4 is 0 Å². The van der Waals surface area contributed by atoms with Gasteiger partial charge >= 0.3 is 5.97 Å². The number of amides is 1. The molecule has 1 aliphatic heterocycles. The first-order valence-electron chi connectivity index (χ1n) is 6.36. The zero-order valence-electron chi connectivity index (χ0n) is 10.8. The third-order valence-electron chi connectivity index (χ3n) is 3.17. The molecular weight excluding hydrogens is 262 g/mol. The number of thiophene rings is 1. The van der Waals surface area contributed by atoms with Crippen LogP contribution >= 0.6 is 11.3 Å². The lowest BCUT2D eigenvalue weighted by Crippen LogP contribution is -2.38. The molecule has 1 amide bonds. The first-order chi connectivity index (χ1) is 9.06. The lowest BCUT2D eigenvalue weighted by molar-refractivity contribution is -0.131. The maximum atomic E-state index is 12.3. The summed E-state index contributed by atoms with van der Waals surface area (Å²) in [7, 11) is 0. The van der Waals surface area contributed by atoms with Crippen LogP contribution in [-0.2, 0) is 4.79 Å². The number of nitrogens with zero attached hydrogens (tertiary/aromatic N) is 1. The lowest BCUT2D eigenvalue weighted by atomic mass is 10.0. The average molecular weight is 279 g/mol. The molecule has 1 fully saturated rings. The van der Waals surface area contributed by atoms with Crippen LogP contribution in [0.1, 0.15) is 34.3 Å². The summed E-state index contributed by atoms with van der Waals surface area (Å²) in [6, 6.07) is 3.55. The van der Waals surface area contributed by atoms with Crippen molar-refractivity contribution in [2.75, 3.05) is 13.1 Å². The molecule has 4 nitrogen and oxygen atoms in total. The Hall–Kier alpha value is -1.62. The van der Waals surface area contributed by atoms with Crippen molar-refractivity contribution >= 4 is 29.3 Å². The molecule has 1 unspecified atom stereocenters. The van der Waals surface area contributed by atoms with Gasteiger partial charge in [-0.15, -0.1) is 11.3 Å². The number of likely N-dealkylation sites (tertiary alicyclic amines) is 1. The molecule has 5 heteroatoms. The third-order valence-corrected chi connectivity index (χ3v) is 4.21. The highest BCUT2D eigenvalue weighted by Crippen LogP contribution is 2.23. The minimum absolute atomic E-state index is 0.0616. The SMILES string of the molecule is CC1CCCN(C(=O)c2ccc(C=CC(=O)O)s2)C1. The molecule has 1 aromatic rings. The smallest absolute Gasteiger partial charge is 0.328 e. The van der Waals surface area contributed by atoms with Gasteiger partial charge in [0.25, 0.3) is 5.91 Å². The molecule has 0 saturated carbocycles. The van der Waals surface area contributed by atoms with Gasteiger partial charge in [0.15, 0.2) is 0 Å². The second kappa shape index (κ2) is 6.02. The zero-order chi connectivity index (χ0) is 13.8. The number of hydrogen-bond donors (Lipinski definition) is 1. The van der Waals surface area contributed by atoms with Crippen LogP contribution in [0.4, 0.5) is 0 Å². The normalized spacial score (nSPS) is 19.8. The molecule has 1 atom stereocenters. The number of carbonyl (C=O) groups is 2. The lowest BCUT2D eigenvalue weighted by Gasteiger charge is -2.30. The Bertz CT molecular complexity index is 507. The van der Waals surface area contributed by atoms with Gasteiger partial charge in [-0.05, 0) is 37.0 Å². The summed E-state index contributed by atoms with van der Waals surface area (Å²) in [4.78, 5) is 26.1. The van der Waals surface area contributed by atoms with E-state index in [2.05, 4.69) is 6.92 Å². The molecule has 1 aliphatic rings. The van der Waals surface area contributed by atoms with Crippen molar-refractivity contribution in [3.05, 3.63) is 28.0 Å². The number of carboxylic acid groups (broad SMARTS) is 1. The van der Waals surface area contributed by atoms with E-state index < -0.39 is 5.97 Å². The molecule has 0 radical (unpaired) electrons. The standard InChI is InChI=1S/C14H17NO3S/c1-10-3-2-8-15(9-10)14(18)12-6-4-11(19-12)5-7-13(16)17/h4-7,10H,2-3,8-9H2,1H3,(H,16,17). The second-order valence-electron chi connectivity index (χ2n) is 4.87. The van der Waals surface area contributed by atoms with E-state index in [-0.39, 0.29) is 5.91 Å². The highest BCUT2D eigenvalue weighted by molar-refractivity contribution is 7.14. The summed E-state index contributed by atoms with van der Waals surface area (Å²) in [5, 5.41) is 8.57. The topological polar surface area (TPSA) is 57.6 Å².